The van der Waals surface area contributed by atoms with Crippen LogP contribution >= 0.6 is 11.6 Å². The van der Waals surface area contributed by atoms with Crippen molar-refractivity contribution in [2.75, 3.05) is 36.4 Å². The molecule has 4 rings (SSSR count). The lowest BCUT2D eigenvalue weighted by molar-refractivity contribution is 0.250. The molecule has 1 heterocycles. The molecule has 1 fully saturated rings. The summed E-state index contributed by atoms with van der Waals surface area (Å²) in [7, 11) is 0. The quantitative estimate of drug-likeness (QED) is 0.587. The normalized spacial score (nSPS) is 14.8. The average Bonchev–Trinajstić information content (AvgIpc) is 2.75. The highest BCUT2D eigenvalue weighted by Crippen LogP contribution is 2.23. The average molecular weight is 410 g/mol. The smallest absolute Gasteiger partial charge is 0.129 e. The molecule has 1 aliphatic rings. The minimum Gasteiger partial charge on any atom is -0.381 e. The van der Waals surface area contributed by atoms with Crippen molar-refractivity contribution < 1.29 is 4.39 Å². The van der Waals surface area contributed by atoms with Gasteiger partial charge >= 0.3 is 0 Å². The zero-order valence-electron chi connectivity index (χ0n) is 16.3. The molecule has 0 saturated carbocycles. The van der Waals surface area contributed by atoms with Crippen molar-refractivity contribution in [1.29, 1.82) is 0 Å². The topological polar surface area (TPSA) is 18.5 Å². The van der Waals surface area contributed by atoms with Crippen molar-refractivity contribution in [2.45, 2.75) is 13.1 Å². The van der Waals surface area contributed by atoms with Gasteiger partial charge in [0.05, 0.1) is 0 Å². The first kappa shape index (κ1) is 19.7. The second kappa shape index (κ2) is 9.29. The number of piperazine rings is 1. The van der Waals surface area contributed by atoms with E-state index in [1.54, 1.807) is 12.1 Å². The van der Waals surface area contributed by atoms with Crippen molar-refractivity contribution in [3.63, 3.8) is 0 Å². The molecule has 3 aromatic rings. The van der Waals surface area contributed by atoms with Crippen LogP contribution < -0.4 is 10.2 Å². The molecule has 29 heavy (non-hydrogen) atoms. The maximum absolute atomic E-state index is 13.9. The van der Waals surface area contributed by atoms with E-state index in [0.29, 0.717) is 17.1 Å². The van der Waals surface area contributed by atoms with Gasteiger partial charge < -0.3 is 10.2 Å². The summed E-state index contributed by atoms with van der Waals surface area (Å²) in [5, 5.41) is 3.70. The second-order valence-corrected chi connectivity index (χ2v) is 7.76. The number of nitrogens with zero attached hydrogens (tertiary/aromatic N) is 2. The molecule has 0 aliphatic carbocycles. The Bertz CT molecular complexity index is 902. The molecule has 0 amide bonds. The minimum atomic E-state index is -0.282. The molecule has 0 spiro atoms. The molecule has 5 heteroatoms. The Morgan fingerprint density at radius 2 is 1.55 bits per heavy atom. The molecule has 1 N–H and O–H groups in total. The van der Waals surface area contributed by atoms with E-state index in [-0.39, 0.29) is 5.82 Å². The Balaban J connectivity index is 1.29. The zero-order valence-corrected chi connectivity index (χ0v) is 17.1. The van der Waals surface area contributed by atoms with E-state index in [1.165, 1.54) is 17.3 Å². The summed E-state index contributed by atoms with van der Waals surface area (Å²) in [6, 6.07) is 23.7. The van der Waals surface area contributed by atoms with E-state index < -0.39 is 0 Å². The first-order valence-corrected chi connectivity index (χ1v) is 10.3. The molecule has 3 nitrogen and oxygen atoms in total. The van der Waals surface area contributed by atoms with E-state index in [1.807, 2.05) is 12.1 Å². The van der Waals surface area contributed by atoms with Crippen LogP contribution in [0, 0.1) is 5.82 Å². The van der Waals surface area contributed by atoms with E-state index in [0.717, 1.165) is 38.4 Å². The lowest BCUT2D eigenvalue weighted by Crippen LogP contribution is -2.45. The third kappa shape index (κ3) is 5.08. The van der Waals surface area contributed by atoms with E-state index in [9.17, 15) is 4.39 Å². The second-order valence-electron chi connectivity index (χ2n) is 7.35. The van der Waals surface area contributed by atoms with Crippen LogP contribution in [0.25, 0.3) is 0 Å². The third-order valence-electron chi connectivity index (χ3n) is 5.38. The molecular weight excluding hydrogens is 385 g/mol. The Morgan fingerprint density at radius 1 is 0.828 bits per heavy atom. The highest BCUT2D eigenvalue weighted by molar-refractivity contribution is 6.31. The van der Waals surface area contributed by atoms with Gasteiger partial charge in [0.2, 0.25) is 0 Å². The molecule has 150 valence electrons. The predicted molar refractivity (Wildman–Crippen MR) is 119 cm³/mol. The van der Waals surface area contributed by atoms with E-state index >= 15 is 0 Å². The molecule has 0 unspecified atom stereocenters. The van der Waals surface area contributed by atoms with Gasteiger partial charge in [0.25, 0.3) is 0 Å². The third-order valence-corrected chi connectivity index (χ3v) is 5.74. The van der Waals surface area contributed by atoms with Gasteiger partial charge in [-0.15, -0.1) is 0 Å². The van der Waals surface area contributed by atoms with Crippen LogP contribution in [-0.2, 0) is 13.1 Å². The first-order valence-electron chi connectivity index (χ1n) is 9.97. The molecule has 0 radical (unpaired) electrons. The predicted octanol–water partition coefficient (Wildman–Crippen LogP) is 5.41. The van der Waals surface area contributed by atoms with Gasteiger partial charge in [0, 0.05) is 61.2 Å². The summed E-state index contributed by atoms with van der Waals surface area (Å²) >= 11 is 6.09. The molecule has 1 aliphatic heterocycles. The lowest BCUT2D eigenvalue weighted by Gasteiger charge is -2.36. The summed E-state index contributed by atoms with van der Waals surface area (Å²) in [5.41, 5.74) is 4.04. The largest absolute Gasteiger partial charge is 0.381 e. The maximum Gasteiger partial charge on any atom is 0.129 e. The van der Waals surface area contributed by atoms with Crippen molar-refractivity contribution in [1.82, 2.24) is 4.90 Å². The number of hydrogen-bond acceptors (Lipinski definition) is 3. The molecule has 0 aromatic heterocycles. The first-order chi connectivity index (χ1) is 14.2. The van der Waals surface area contributed by atoms with Crippen molar-refractivity contribution in [3.05, 3.63) is 94.8 Å². The highest BCUT2D eigenvalue weighted by atomic mass is 35.5. The van der Waals surface area contributed by atoms with Crippen LogP contribution in [0.4, 0.5) is 15.8 Å². The van der Waals surface area contributed by atoms with Crippen LogP contribution in [0.5, 0.6) is 0 Å². The van der Waals surface area contributed by atoms with Gasteiger partial charge in [-0.25, -0.2) is 4.39 Å². The molecular formula is C24H25ClFN3. The van der Waals surface area contributed by atoms with Crippen LogP contribution in [0.15, 0.2) is 72.8 Å². The SMILES string of the molecule is Fc1cccc(Cl)c1CNc1ccc(N2CCN(Cc3ccccc3)CC2)cc1. The fraction of sp³-hybridized carbons (Fsp3) is 0.250. The lowest BCUT2D eigenvalue weighted by atomic mass is 10.2. The highest BCUT2D eigenvalue weighted by Gasteiger charge is 2.17. The summed E-state index contributed by atoms with van der Waals surface area (Å²) in [5.74, 6) is -0.282. The molecule has 0 atom stereocenters. The molecule has 0 bridgehead atoms. The number of benzene rings is 3. The fourth-order valence-corrected chi connectivity index (χ4v) is 3.92. The number of hydrogen-bond donors (Lipinski definition) is 1. The number of anilines is 2. The van der Waals surface area contributed by atoms with Crippen LogP contribution in [0.2, 0.25) is 5.02 Å². The van der Waals surface area contributed by atoms with Gasteiger partial charge in [-0.2, -0.15) is 0 Å². The maximum atomic E-state index is 13.9. The van der Waals surface area contributed by atoms with Gasteiger partial charge in [0.1, 0.15) is 5.82 Å². The Hall–Kier alpha value is -2.56. The number of nitrogens with one attached hydrogen (secondary N) is 1. The number of halogens is 2. The Morgan fingerprint density at radius 3 is 2.24 bits per heavy atom. The summed E-state index contributed by atoms with van der Waals surface area (Å²) in [6.07, 6.45) is 0. The van der Waals surface area contributed by atoms with Gasteiger partial charge in [0.15, 0.2) is 0 Å². The number of rotatable bonds is 6. The standard InChI is InChI=1S/C24H25ClFN3/c25-23-7-4-8-24(26)22(23)17-27-20-9-11-21(12-10-20)29-15-13-28(14-16-29)18-19-5-2-1-3-6-19/h1-12,27H,13-18H2. The van der Waals surface area contributed by atoms with Gasteiger partial charge in [-0.1, -0.05) is 48.0 Å². The van der Waals surface area contributed by atoms with Crippen molar-refractivity contribution >= 4 is 23.0 Å². The van der Waals surface area contributed by atoms with Gasteiger partial charge in [-0.3, -0.25) is 4.90 Å². The summed E-state index contributed by atoms with van der Waals surface area (Å²) < 4.78 is 13.9. The summed E-state index contributed by atoms with van der Waals surface area (Å²) in [4.78, 5) is 4.92. The van der Waals surface area contributed by atoms with Crippen molar-refractivity contribution in [3.8, 4) is 0 Å². The van der Waals surface area contributed by atoms with Crippen molar-refractivity contribution in [2.24, 2.45) is 0 Å². The monoisotopic (exact) mass is 409 g/mol. The van der Waals surface area contributed by atoms with Crippen LogP contribution in [0.1, 0.15) is 11.1 Å². The zero-order chi connectivity index (χ0) is 20.1. The minimum absolute atomic E-state index is 0.282. The van der Waals surface area contributed by atoms with Gasteiger partial charge in [-0.05, 0) is 42.0 Å². The van der Waals surface area contributed by atoms with E-state index in [2.05, 4.69) is 57.6 Å². The van der Waals surface area contributed by atoms with E-state index in [4.69, 9.17) is 11.6 Å². The molecule has 1 saturated heterocycles. The Kier molecular flexibility index (Phi) is 6.33. The van der Waals surface area contributed by atoms with Crippen LogP contribution in [-0.4, -0.2) is 31.1 Å². The summed E-state index contributed by atoms with van der Waals surface area (Å²) in [6.45, 7) is 5.52. The fourth-order valence-electron chi connectivity index (χ4n) is 3.69. The van der Waals surface area contributed by atoms with Crippen LogP contribution in [0.3, 0.4) is 0 Å². The molecule has 3 aromatic carbocycles. The Labute approximate surface area is 176 Å².